The van der Waals surface area contributed by atoms with Gasteiger partial charge in [-0.15, -0.1) is 0 Å². The van der Waals surface area contributed by atoms with Gasteiger partial charge in [-0.3, -0.25) is 4.98 Å². The second-order valence-electron chi connectivity index (χ2n) is 4.45. The Kier molecular flexibility index (Phi) is 3.24. The van der Waals surface area contributed by atoms with E-state index in [-0.39, 0.29) is 5.56 Å². The van der Waals surface area contributed by atoms with E-state index in [1.807, 2.05) is 30.3 Å². The number of aromatic carboxylic acids is 1. The zero-order valence-corrected chi connectivity index (χ0v) is 12.0. The number of hydrogen-bond donors (Lipinski definition) is 1. The third-order valence-electron chi connectivity index (χ3n) is 3.09. The predicted molar refractivity (Wildman–Crippen MR) is 81.8 cm³/mol. The molecule has 0 atom stereocenters. The molecule has 0 fully saturated rings. The molecule has 1 aromatic heterocycles. The molecular formula is C16H10BrNO2. The normalized spacial score (nSPS) is 10.7. The fraction of sp³-hybridized carbons (Fsp3) is 0. The molecule has 0 saturated heterocycles. The first-order valence-electron chi connectivity index (χ1n) is 6.02. The summed E-state index contributed by atoms with van der Waals surface area (Å²) >= 11 is 3.44. The van der Waals surface area contributed by atoms with Crippen LogP contribution in [0.3, 0.4) is 0 Å². The Morgan fingerprint density at radius 3 is 2.65 bits per heavy atom. The maximum atomic E-state index is 11.0. The van der Waals surface area contributed by atoms with Crippen LogP contribution in [0.15, 0.2) is 59.2 Å². The van der Waals surface area contributed by atoms with Gasteiger partial charge < -0.3 is 5.11 Å². The Morgan fingerprint density at radius 1 is 1.05 bits per heavy atom. The first kappa shape index (κ1) is 12.8. The van der Waals surface area contributed by atoms with E-state index in [9.17, 15) is 4.79 Å². The largest absolute Gasteiger partial charge is 0.478 e. The summed E-state index contributed by atoms with van der Waals surface area (Å²) in [6.07, 6.45) is 1.80. The topological polar surface area (TPSA) is 50.2 Å². The smallest absolute Gasteiger partial charge is 0.335 e. The molecule has 1 N–H and O–H groups in total. The number of pyridine rings is 1. The zero-order valence-electron chi connectivity index (χ0n) is 10.4. The van der Waals surface area contributed by atoms with Crippen LogP contribution in [0.5, 0.6) is 0 Å². The molecule has 3 rings (SSSR count). The Morgan fingerprint density at radius 2 is 1.90 bits per heavy atom. The van der Waals surface area contributed by atoms with Gasteiger partial charge in [0.2, 0.25) is 0 Å². The fourth-order valence-corrected chi connectivity index (χ4v) is 2.49. The summed E-state index contributed by atoms with van der Waals surface area (Å²) in [7, 11) is 0. The molecular weight excluding hydrogens is 318 g/mol. The molecule has 98 valence electrons. The molecule has 4 heteroatoms. The van der Waals surface area contributed by atoms with Crippen LogP contribution in [0, 0.1) is 0 Å². The van der Waals surface area contributed by atoms with Crippen LogP contribution in [-0.2, 0) is 0 Å². The monoisotopic (exact) mass is 327 g/mol. The van der Waals surface area contributed by atoms with E-state index >= 15 is 0 Å². The summed E-state index contributed by atoms with van der Waals surface area (Å²) in [5, 5.41) is 9.86. The number of carboxylic acids is 1. The SMILES string of the molecule is O=C(O)c1ccc2ncc(-c3cccc(Br)c3)cc2c1. The molecule has 0 radical (unpaired) electrons. The number of nitrogens with zero attached hydrogens (tertiary/aromatic N) is 1. The van der Waals surface area contributed by atoms with E-state index in [4.69, 9.17) is 5.11 Å². The van der Waals surface area contributed by atoms with Crippen molar-refractivity contribution in [2.45, 2.75) is 0 Å². The Bertz CT molecular complexity index is 814. The van der Waals surface area contributed by atoms with Gasteiger partial charge in [0.05, 0.1) is 11.1 Å². The first-order chi connectivity index (χ1) is 9.63. The maximum absolute atomic E-state index is 11.0. The zero-order chi connectivity index (χ0) is 14.1. The molecule has 0 aliphatic heterocycles. The van der Waals surface area contributed by atoms with Gasteiger partial charge in [-0.05, 0) is 42.0 Å². The summed E-state index contributed by atoms with van der Waals surface area (Å²) in [5.74, 6) is -0.931. The van der Waals surface area contributed by atoms with Crippen LogP contribution in [0.1, 0.15) is 10.4 Å². The molecule has 0 amide bonds. The molecule has 0 aliphatic rings. The fourth-order valence-electron chi connectivity index (χ4n) is 2.09. The van der Waals surface area contributed by atoms with Gasteiger partial charge >= 0.3 is 5.97 Å². The van der Waals surface area contributed by atoms with Crippen molar-refractivity contribution in [1.82, 2.24) is 4.98 Å². The number of carboxylic acid groups (broad SMARTS) is 1. The minimum Gasteiger partial charge on any atom is -0.478 e. The van der Waals surface area contributed by atoms with Crippen molar-refractivity contribution in [3.05, 3.63) is 64.8 Å². The second kappa shape index (κ2) is 5.06. The number of carbonyl (C=O) groups is 1. The molecule has 0 spiro atoms. The highest BCUT2D eigenvalue weighted by Crippen LogP contribution is 2.25. The van der Waals surface area contributed by atoms with E-state index in [1.54, 1.807) is 24.4 Å². The summed E-state index contributed by atoms with van der Waals surface area (Å²) in [6.45, 7) is 0. The third-order valence-corrected chi connectivity index (χ3v) is 3.58. The Balaban J connectivity index is 2.16. The maximum Gasteiger partial charge on any atom is 0.335 e. The number of rotatable bonds is 2. The van der Waals surface area contributed by atoms with E-state index in [0.29, 0.717) is 0 Å². The summed E-state index contributed by atoms with van der Waals surface area (Å²) in [4.78, 5) is 15.4. The van der Waals surface area contributed by atoms with Gasteiger partial charge in [0, 0.05) is 21.6 Å². The van der Waals surface area contributed by atoms with E-state index in [1.165, 1.54) is 0 Å². The van der Waals surface area contributed by atoms with Gasteiger partial charge in [-0.2, -0.15) is 0 Å². The molecule has 0 saturated carbocycles. The lowest BCUT2D eigenvalue weighted by Crippen LogP contribution is -1.95. The highest BCUT2D eigenvalue weighted by atomic mass is 79.9. The van der Waals surface area contributed by atoms with E-state index in [0.717, 1.165) is 26.5 Å². The van der Waals surface area contributed by atoms with Crippen molar-refractivity contribution >= 4 is 32.8 Å². The van der Waals surface area contributed by atoms with Crippen LogP contribution in [-0.4, -0.2) is 16.1 Å². The molecule has 1 heterocycles. The number of hydrogen-bond acceptors (Lipinski definition) is 2. The van der Waals surface area contributed by atoms with Crippen molar-refractivity contribution in [1.29, 1.82) is 0 Å². The molecule has 3 nitrogen and oxygen atoms in total. The molecule has 0 bridgehead atoms. The predicted octanol–water partition coefficient (Wildman–Crippen LogP) is 4.36. The lowest BCUT2D eigenvalue weighted by Gasteiger charge is -2.05. The lowest BCUT2D eigenvalue weighted by atomic mass is 10.0. The minimum absolute atomic E-state index is 0.269. The van der Waals surface area contributed by atoms with E-state index in [2.05, 4.69) is 20.9 Å². The van der Waals surface area contributed by atoms with Crippen LogP contribution in [0.2, 0.25) is 0 Å². The van der Waals surface area contributed by atoms with Crippen LogP contribution < -0.4 is 0 Å². The van der Waals surface area contributed by atoms with Gasteiger partial charge in [0.1, 0.15) is 0 Å². The average Bonchev–Trinajstić information content (AvgIpc) is 2.46. The molecule has 2 aromatic carbocycles. The van der Waals surface area contributed by atoms with E-state index < -0.39 is 5.97 Å². The van der Waals surface area contributed by atoms with Crippen molar-refractivity contribution in [3.63, 3.8) is 0 Å². The van der Waals surface area contributed by atoms with Gasteiger partial charge in [-0.1, -0.05) is 28.1 Å². The first-order valence-corrected chi connectivity index (χ1v) is 6.82. The molecule has 0 unspecified atom stereocenters. The standard InChI is InChI=1S/C16H10BrNO2/c17-14-3-1-2-10(8-14)13-7-12-6-11(16(19)20)4-5-15(12)18-9-13/h1-9H,(H,19,20). The van der Waals surface area contributed by atoms with Crippen molar-refractivity contribution in [3.8, 4) is 11.1 Å². The van der Waals surface area contributed by atoms with Crippen molar-refractivity contribution in [2.75, 3.05) is 0 Å². The van der Waals surface area contributed by atoms with Crippen molar-refractivity contribution in [2.24, 2.45) is 0 Å². The Hall–Kier alpha value is -2.20. The molecule has 0 aliphatic carbocycles. The second-order valence-corrected chi connectivity index (χ2v) is 5.36. The highest BCUT2D eigenvalue weighted by molar-refractivity contribution is 9.10. The number of aromatic nitrogens is 1. The summed E-state index contributed by atoms with van der Waals surface area (Å²) in [6, 6.07) is 14.8. The van der Waals surface area contributed by atoms with Gasteiger partial charge in [0.25, 0.3) is 0 Å². The van der Waals surface area contributed by atoms with Crippen LogP contribution >= 0.6 is 15.9 Å². The Labute approximate surface area is 124 Å². The average molecular weight is 328 g/mol. The minimum atomic E-state index is -0.931. The number of fused-ring (bicyclic) bond motifs is 1. The summed E-state index contributed by atoms with van der Waals surface area (Å²) < 4.78 is 0.995. The third kappa shape index (κ3) is 2.42. The van der Waals surface area contributed by atoms with Crippen LogP contribution in [0.25, 0.3) is 22.0 Å². The lowest BCUT2D eigenvalue weighted by molar-refractivity contribution is 0.0697. The highest BCUT2D eigenvalue weighted by Gasteiger charge is 2.06. The molecule has 3 aromatic rings. The van der Waals surface area contributed by atoms with Crippen LogP contribution in [0.4, 0.5) is 0 Å². The summed E-state index contributed by atoms with van der Waals surface area (Å²) in [5.41, 5.74) is 3.05. The van der Waals surface area contributed by atoms with Crippen molar-refractivity contribution < 1.29 is 9.90 Å². The number of halogens is 1. The molecule has 20 heavy (non-hydrogen) atoms. The number of benzene rings is 2. The quantitative estimate of drug-likeness (QED) is 0.760. The van der Waals surface area contributed by atoms with Gasteiger partial charge in [0.15, 0.2) is 0 Å². The van der Waals surface area contributed by atoms with Gasteiger partial charge in [-0.25, -0.2) is 4.79 Å².